The van der Waals surface area contributed by atoms with Gasteiger partial charge < -0.3 is 10.4 Å². The number of aliphatic carboxylic acids is 1. The number of carboxylic acid groups (broad SMARTS) is 1. The predicted octanol–water partition coefficient (Wildman–Crippen LogP) is 6.00. The van der Waals surface area contributed by atoms with Crippen molar-refractivity contribution in [3.8, 4) is 0 Å². The molecule has 0 aliphatic rings. The van der Waals surface area contributed by atoms with E-state index in [-0.39, 0.29) is 12.3 Å². The molecule has 2 N–H and O–H groups in total. The van der Waals surface area contributed by atoms with Gasteiger partial charge >= 0.3 is 5.97 Å². The first-order valence-electron chi connectivity index (χ1n) is 10.8. The van der Waals surface area contributed by atoms with E-state index < -0.39 is 5.97 Å². The summed E-state index contributed by atoms with van der Waals surface area (Å²) in [6.45, 7) is 2.73. The van der Waals surface area contributed by atoms with Crippen LogP contribution in [-0.4, -0.2) is 23.5 Å². The lowest BCUT2D eigenvalue weighted by Crippen LogP contribution is -2.24. The standard InChI is InChI=1S/C22H41NO3/c1-2-3-4-5-6-7-8-9-10-11-12-13-14-15-16-18-21(24)23-20-17-19-22(25)26/h9-10H,2-8,11-20H2,1H3,(H,23,24)(H,25,26)/b10-9+. The number of amides is 1. The summed E-state index contributed by atoms with van der Waals surface area (Å²) in [6, 6.07) is 0. The summed E-state index contributed by atoms with van der Waals surface area (Å²) < 4.78 is 0. The molecule has 1 amide bonds. The second-order valence-electron chi connectivity index (χ2n) is 7.18. The van der Waals surface area contributed by atoms with Crippen molar-refractivity contribution < 1.29 is 14.7 Å². The fourth-order valence-electron chi connectivity index (χ4n) is 2.91. The number of hydrogen-bond acceptors (Lipinski definition) is 2. The van der Waals surface area contributed by atoms with Crippen LogP contribution in [0.5, 0.6) is 0 Å². The van der Waals surface area contributed by atoms with Crippen LogP contribution in [0.1, 0.15) is 110 Å². The van der Waals surface area contributed by atoms with Gasteiger partial charge in [-0.25, -0.2) is 0 Å². The lowest BCUT2D eigenvalue weighted by molar-refractivity contribution is -0.137. The Balaban J connectivity index is 3.22. The summed E-state index contributed by atoms with van der Waals surface area (Å²) in [5.74, 6) is -0.760. The van der Waals surface area contributed by atoms with E-state index in [1.165, 1.54) is 70.6 Å². The van der Waals surface area contributed by atoms with Crippen LogP contribution in [0.4, 0.5) is 0 Å². The molecule has 0 aliphatic carbocycles. The fraction of sp³-hybridized carbons (Fsp3) is 0.818. The van der Waals surface area contributed by atoms with Crippen LogP contribution in [0.3, 0.4) is 0 Å². The van der Waals surface area contributed by atoms with E-state index in [0.717, 1.165) is 12.8 Å². The van der Waals surface area contributed by atoms with Crippen LogP contribution < -0.4 is 5.32 Å². The largest absolute Gasteiger partial charge is 0.481 e. The lowest BCUT2D eigenvalue weighted by Gasteiger charge is -2.04. The molecule has 0 rings (SSSR count). The quantitative estimate of drug-likeness (QED) is 0.217. The minimum Gasteiger partial charge on any atom is -0.481 e. The zero-order valence-corrected chi connectivity index (χ0v) is 16.9. The summed E-state index contributed by atoms with van der Waals surface area (Å²) in [5.41, 5.74) is 0. The minimum atomic E-state index is -0.809. The molecule has 0 atom stereocenters. The van der Waals surface area contributed by atoms with E-state index in [1.807, 2.05) is 0 Å². The third kappa shape index (κ3) is 20.7. The summed E-state index contributed by atoms with van der Waals surface area (Å²) in [7, 11) is 0. The Bertz CT molecular complexity index is 366. The maximum Gasteiger partial charge on any atom is 0.303 e. The van der Waals surface area contributed by atoms with E-state index in [9.17, 15) is 9.59 Å². The van der Waals surface area contributed by atoms with Crippen LogP contribution >= 0.6 is 0 Å². The van der Waals surface area contributed by atoms with Gasteiger partial charge in [-0.05, 0) is 38.5 Å². The molecule has 4 heteroatoms. The number of carbonyl (C=O) groups excluding carboxylic acids is 1. The van der Waals surface area contributed by atoms with Crippen molar-refractivity contribution in [1.29, 1.82) is 0 Å². The molecule has 26 heavy (non-hydrogen) atoms. The van der Waals surface area contributed by atoms with Gasteiger partial charge in [0, 0.05) is 19.4 Å². The monoisotopic (exact) mass is 367 g/mol. The number of carboxylic acids is 1. The summed E-state index contributed by atoms with van der Waals surface area (Å²) in [4.78, 5) is 21.9. The van der Waals surface area contributed by atoms with Gasteiger partial charge in [0.1, 0.15) is 0 Å². The third-order valence-corrected chi connectivity index (χ3v) is 4.56. The Labute approximate surface area is 160 Å². The van der Waals surface area contributed by atoms with Gasteiger partial charge in [0.05, 0.1) is 0 Å². The average Bonchev–Trinajstić information content (AvgIpc) is 2.62. The molecule has 0 radical (unpaired) electrons. The van der Waals surface area contributed by atoms with Crippen molar-refractivity contribution in [2.45, 2.75) is 110 Å². The van der Waals surface area contributed by atoms with Crippen LogP contribution in [0.15, 0.2) is 12.2 Å². The Kier molecular flexibility index (Phi) is 19.0. The summed E-state index contributed by atoms with van der Waals surface area (Å²) >= 11 is 0. The number of hydrogen-bond donors (Lipinski definition) is 2. The molecule has 0 saturated heterocycles. The maximum atomic E-state index is 11.6. The van der Waals surface area contributed by atoms with Gasteiger partial charge in [-0.15, -0.1) is 0 Å². The number of allylic oxidation sites excluding steroid dienone is 2. The molecule has 0 saturated carbocycles. The van der Waals surface area contributed by atoms with E-state index in [4.69, 9.17) is 5.11 Å². The predicted molar refractivity (Wildman–Crippen MR) is 109 cm³/mol. The highest BCUT2D eigenvalue weighted by Gasteiger charge is 2.01. The Morgan fingerprint density at radius 2 is 1.27 bits per heavy atom. The summed E-state index contributed by atoms with van der Waals surface area (Å²) in [6.07, 6.45) is 22.2. The average molecular weight is 368 g/mol. The van der Waals surface area contributed by atoms with Gasteiger partial charge in [0.2, 0.25) is 5.91 Å². The Hall–Kier alpha value is -1.32. The Morgan fingerprint density at radius 3 is 1.85 bits per heavy atom. The number of unbranched alkanes of at least 4 members (excludes halogenated alkanes) is 11. The molecule has 0 fully saturated rings. The molecular weight excluding hydrogens is 326 g/mol. The number of rotatable bonds is 19. The van der Waals surface area contributed by atoms with E-state index in [2.05, 4.69) is 24.4 Å². The zero-order valence-electron chi connectivity index (χ0n) is 16.9. The number of carbonyl (C=O) groups is 2. The molecule has 0 aromatic rings. The van der Waals surface area contributed by atoms with Gasteiger partial charge in [-0.1, -0.05) is 70.4 Å². The van der Waals surface area contributed by atoms with Crippen molar-refractivity contribution in [3.05, 3.63) is 12.2 Å². The molecule has 0 aliphatic heterocycles. The van der Waals surface area contributed by atoms with E-state index in [0.29, 0.717) is 19.4 Å². The Morgan fingerprint density at radius 1 is 0.731 bits per heavy atom. The van der Waals surface area contributed by atoms with Crippen LogP contribution in [0.2, 0.25) is 0 Å². The highest BCUT2D eigenvalue weighted by molar-refractivity contribution is 5.75. The summed E-state index contributed by atoms with van der Waals surface area (Å²) in [5, 5.41) is 11.3. The van der Waals surface area contributed by atoms with Crippen molar-refractivity contribution in [1.82, 2.24) is 5.32 Å². The topological polar surface area (TPSA) is 66.4 Å². The second kappa shape index (κ2) is 20.0. The van der Waals surface area contributed by atoms with E-state index >= 15 is 0 Å². The van der Waals surface area contributed by atoms with Crippen molar-refractivity contribution >= 4 is 11.9 Å². The first-order valence-corrected chi connectivity index (χ1v) is 10.8. The smallest absolute Gasteiger partial charge is 0.303 e. The maximum absolute atomic E-state index is 11.6. The molecule has 0 aromatic carbocycles. The van der Waals surface area contributed by atoms with Crippen molar-refractivity contribution in [2.24, 2.45) is 0 Å². The molecule has 152 valence electrons. The lowest BCUT2D eigenvalue weighted by atomic mass is 10.1. The van der Waals surface area contributed by atoms with Crippen molar-refractivity contribution in [2.75, 3.05) is 6.54 Å². The second-order valence-corrected chi connectivity index (χ2v) is 7.18. The highest BCUT2D eigenvalue weighted by atomic mass is 16.4. The molecule has 0 bridgehead atoms. The fourth-order valence-corrected chi connectivity index (χ4v) is 2.91. The van der Waals surface area contributed by atoms with Crippen LogP contribution in [0, 0.1) is 0 Å². The van der Waals surface area contributed by atoms with Gasteiger partial charge in [0.15, 0.2) is 0 Å². The first kappa shape index (κ1) is 24.7. The normalized spacial score (nSPS) is 11.1. The number of nitrogens with one attached hydrogen (secondary N) is 1. The van der Waals surface area contributed by atoms with Crippen LogP contribution in [0.25, 0.3) is 0 Å². The molecule has 0 spiro atoms. The molecule has 0 unspecified atom stereocenters. The third-order valence-electron chi connectivity index (χ3n) is 4.56. The molecule has 0 aromatic heterocycles. The highest BCUT2D eigenvalue weighted by Crippen LogP contribution is 2.09. The van der Waals surface area contributed by atoms with Gasteiger partial charge in [-0.2, -0.15) is 0 Å². The van der Waals surface area contributed by atoms with Gasteiger partial charge in [-0.3, -0.25) is 9.59 Å². The van der Waals surface area contributed by atoms with Crippen LogP contribution in [-0.2, 0) is 9.59 Å². The van der Waals surface area contributed by atoms with Gasteiger partial charge in [0.25, 0.3) is 0 Å². The zero-order chi connectivity index (χ0) is 19.3. The van der Waals surface area contributed by atoms with E-state index in [1.54, 1.807) is 0 Å². The SMILES string of the molecule is CCCCCCCC/C=C/CCCCCCCC(=O)NCCCC(=O)O. The molecule has 4 nitrogen and oxygen atoms in total. The molecular formula is C22H41NO3. The minimum absolute atomic E-state index is 0.0491. The first-order chi connectivity index (χ1) is 12.7. The van der Waals surface area contributed by atoms with Crippen molar-refractivity contribution in [3.63, 3.8) is 0 Å². The molecule has 0 heterocycles.